The van der Waals surface area contributed by atoms with Crippen molar-refractivity contribution in [3.63, 3.8) is 0 Å². The molecule has 0 saturated carbocycles. The number of carbonyl (C=O) groups is 2. The SMILES string of the molecule is NC(=O)c1cc(-c2cc(F)cc(F)c2)cc2c1Cc1cc(C(=O)N3CCOCC3)ccc1-2. The van der Waals surface area contributed by atoms with Crippen LogP contribution in [0.3, 0.4) is 0 Å². The maximum Gasteiger partial charge on any atom is 0.254 e. The molecular formula is C25H20F2N2O3. The topological polar surface area (TPSA) is 72.6 Å². The number of hydrogen-bond acceptors (Lipinski definition) is 3. The van der Waals surface area contributed by atoms with Gasteiger partial charge in [-0.1, -0.05) is 6.07 Å². The molecule has 2 amide bonds. The first-order chi connectivity index (χ1) is 15.4. The number of amides is 2. The monoisotopic (exact) mass is 434 g/mol. The number of hydrogen-bond donors (Lipinski definition) is 1. The number of nitrogens with zero attached hydrogens (tertiary/aromatic N) is 1. The third-order valence-corrected chi connectivity index (χ3v) is 6.02. The van der Waals surface area contributed by atoms with E-state index in [0.29, 0.717) is 55.0 Å². The second-order valence-electron chi connectivity index (χ2n) is 8.03. The molecule has 5 nitrogen and oxygen atoms in total. The van der Waals surface area contributed by atoms with E-state index in [1.54, 1.807) is 17.0 Å². The molecule has 0 spiro atoms. The van der Waals surface area contributed by atoms with Crippen molar-refractivity contribution in [3.05, 3.63) is 82.4 Å². The van der Waals surface area contributed by atoms with Gasteiger partial charge in [0.15, 0.2) is 0 Å². The molecule has 0 bridgehead atoms. The maximum absolute atomic E-state index is 13.8. The van der Waals surface area contributed by atoms with Crippen molar-refractivity contribution in [1.82, 2.24) is 4.90 Å². The number of primary amides is 1. The molecule has 162 valence electrons. The number of fused-ring (bicyclic) bond motifs is 3. The molecule has 0 radical (unpaired) electrons. The van der Waals surface area contributed by atoms with Crippen LogP contribution in [0.5, 0.6) is 0 Å². The zero-order valence-electron chi connectivity index (χ0n) is 17.2. The highest BCUT2D eigenvalue weighted by Crippen LogP contribution is 2.41. The fraction of sp³-hybridized carbons (Fsp3) is 0.200. The third kappa shape index (κ3) is 3.54. The van der Waals surface area contributed by atoms with Crippen LogP contribution in [-0.2, 0) is 11.2 Å². The predicted molar refractivity (Wildman–Crippen MR) is 115 cm³/mol. The Kier molecular flexibility index (Phi) is 4.98. The van der Waals surface area contributed by atoms with Crippen molar-refractivity contribution in [2.24, 2.45) is 5.73 Å². The lowest BCUT2D eigenvalue weighted by Gasteiger charge is -2.27. The van der Waals surface area contributed by atoms with Gasteiger partial charge >= 0.3 is 0 Å². The standard InChI is InChI=1S/C25H20F2N2O3/c26-18-8-15(9-19(27)13-18)16-10-21-20-2-1-14(25(31)29-3-5-32-6-4-29)7-17(20)12-22(21)23(11-16)24(28)30/h1-2,7-11,13H,3-6,12H2,(H2,28,30). The van der Waals surface area contributed by atoms with Crippen molar-refractivity contribution >= 4 is 11.8 Å². The fourth-order valence-electron chi connectivity index (χ4n) is 4.48. The van der Waals surface area contributed by atoms with Gasteiger partial charge in [-0.3, -0.25) is 9.59 Å². The van der Waals surface area contributed by atoms with E-state index in [0.717, 1.165) is 28.3 Å². The summed E-state index contributed by atoms with van der Waals surface area (Å²) in [6.45, 7) is 2.14. The first-order valence-corrected chi connectivity index (χ1v) is 10.3. The summed E-state index contributed by atoms with van der Waals surface area (Å²) in [5, 5.41) is 0. The van der Waals surface area contributed by atoms with Gasteiger partial charge < -0.3 is 15.4 Å². The minimum absolute atomic E-state index is 0.0573. The lowest BCUT2D eigenvalue weighted by atomic mass is 9.94. The molecular weight excluding hydrogens is 414 g/mol. The zero-order valence-corrected chi connectivity index (χ0v) is 17.2. The number of halogens is 2. The Morgan fingerprint density at radius 2 is 1.56 bits per heavy atom. The Morgan fingerprint density at radius 1 is 0.875 bits per heavy atom. The molecule has 2 aliphatic rings. The van der Waals surface area contributed by atoms with Crippen LogP contribution >= 0.6 is 0 Å². The number of benzene rings is 3. The molecule has 1 saturated heterocycles. The predicted octanol–water partition coefficient (Wildman–Crippen LogP) is 3.77. The summed E-state index contributed by atoms with van der Waals surface area (Å²) < 4.78 is 32.9. The number of ether oxygens (including phenoxy) is 1. The normalized spacial score (nSPS) is 14.8. The van der Waals surface area contributed by atoms with E-state index in [4.69, 9.17) is 10.5 Å². The Morgan fingerprint density at radius 3 is 2.25 bits per heavy atom. The summed E-state index contributed by atoms with van der Waals surface area (Å²) >= 11 is 0. The summed E-state index contributed by atoms with van der Waals surface area (Å²) in [5.41, 5.74) is 10.7. The van der Waals surface area contributed by atoms with E-state index in [2.05, 4.69) is 0 Å². The van der Waals surface area contributed by atoms with Crippen LogP contribution in [-0.4, -0.2) is 43.0 Å². The zero-order chi connectivity index (χ0) is 22.4. The molecule has 1 aliphatic carbocycles. The Bertz CT molecular complexity index is 1250. The Hall–Kier alpha value is -3.58. The summed E-state index contributed by atoms with van der Waals surface area (Å²) in [5.74, 6) is -2.07. The van der Waals surface area contributed by atoms with Gasteiger partial charge in [-0.2, -0.15) is 0 Å². The number of nitrogens with two attached hydrogens (primary N) is 1. The van der Waals surface area contributed by atoms with Gasteiger partial charge in [0.25, 0.3) is 5.91 Å². The summed E-state index contributed by atoms with van der Waals surface area (Å²) in [6, 6.07) is 12.1. The van der Waals surface area contributed by atoms with Gasteiger partial charge in [0.1, 0.15) is 11.6 Å². The van der Waals surface area contributed by atoms with Crippen molar-refractivity contribution in [2.75, 3.05) is 26.3 Å². The van der Waals surface area contributed by atoms with E-state index < -0.39 is 17.5 Å². The largest absolute Gasteiger partial charge is 0.378 e. The third-order valence-electron chi connectivity index (χ3n) is 6.02. The minimum atomic E-state index is -0.701. The van der Waals surface area contributed by atoms with Crippen molar-refractivity contribution < 1.29 is 23.1 Å². The lowest BCUT2D eigenvalue weighted by Crippen LogP contribution is -2.40. The van der Waals surface area contributed by atoms with Crippen LogP contribution in [0, 0.1) is 11.6 Å². The van der Waals surface area contributed by atoms with Crippen molar-refractivity contribution in [1.29, 1.82) is 0 Å². The molecule has 1 fully saturated rings. The van der Waals surface area contributed by atoms with Crippen LogP contribution < -0.4 is 5.73 Å². The first-order valence-electron chi connectivity index (χ1n) is 10.3. The van der Waals surface area contributed by atoms with Crippen LogP contribution in [0.4, 0.5) is 8.78 Å². The number of morpholine rings is 1. The van der Waals surface area contributed by atoms with Gasteiger partial charge in [-0.25, -0.2) is 8.78 Å². The second-order valence-corrected chi connectivity index (χ2v) is 8.03. The molecule has 3 aromatic carbocycles. The average Bonchev–Trinajstić information content (AvgIpc) is 3.15. The summed E-state index contributed by atoms with van der Waals surface area (Å²) in [7, 11) is 0. The van der Waals surface area contributed by atoms with E-state index in [9.17, 15) is 18.4 Å². The minimum Gasteiger partial charge on any atom is -0.378 e. The fourth-order valence-corrected chi connectivity index (χ4v) is 4.48. The summed E-state index contributed by atoms with van der Waals surface area (Å²) in [6.07, 6.45) is 0.449. The molecule has 1 heterocycles. The molecule has 0 atom stereocenters. The average molecular weight is 434 g/mol. The molecule has 3 aromatic rings. The smallest absolute Gasteiger partial charge is 0.254 e. The van der Waals surface area contributed by atoms with E-state index in [1.165, 1.54) is 12.1 Å². The van der Waals surface area contributed by atoms with Crippen molar-refractivity contribution in [2.45, 2.75) is 6.42 Å². The summed E-state index contributed by atoms with van der Waals surface area (Å²) in [4.78, 5) is 26.9. The van der Waals surface area contributed by atoms with Crippen molar-refractivity contribution in [3.8, 4) is 22.3 Å². The quantitative estimate of drug-likeness (QED) is 0.534. The molecule has 0 unspecified atom stereocenters. The van der Waals surface area contributed by atoms with E-state index in [1.807, 2.05) is 18.2 Å². The van der Waals surface area contributed by atoms with Crippen LogP contribution in [0.2, 0.25) is 0 Å². The molecule has 32 heavy (non-hydrogen) atoms. The molecule has 5 rings (SSSR count). The first kappa shape index (κ1) is 20.3. The van der Waals surface area contributed by atoms with Gasteiger partial charge in [-0.15, -0.1) is 0 Å². The molecule has 7 heteroatoms. The van der Waals surface area contributed by atoms with Crippen LogP contribution in [0.25, 0.3) is 22.3 Å². The maximum atomic E-state index is 13.8. The number of rotatable bonds is 3. The Balaban J connectivity index is 1.57. The highest BCUT2D eigenvalue weighted by atomic mass is 19.1. The van der Waals surface area contributed by atoms with E-state index >= 15 is 0 Å². The highest BCUT2D eigenvalue weighted by molar-refractivity contribution is 6.01. The molecule has 1 aliphatic heterocycles. The van der Waals surface area contributed by atoms with Gasteiger partial charge in [0.2, 0.25) is 5.91 Å². The van der Waals surface area contributed by atoms with E-state index in [-0.39, 0.29) is 5.91 Å². The Labute approximate surface area is 183 Å². The van der Waals surface area contributed by atoms with Crippen LogP contribution in [0.1, 0.15) is 31.8 Å². The second kappa shape index (κ2) is 7.84. The van der Waals surface area contributed by atoms with Gasteiger partial charge in [0, 0.05) is 30.3 Å². The van der Waals surface area contributed by atoms with Crippen LogP contribution in [0.15, 0.2) is 48.5 Å². The lowest BCUT2D eigenvalue weighted by molar-refractivity contribution is 0.0303. The molecule has 0 aromatic heterocycles. The molecule has 2 N–H and O–H groups in total. The number of carbonyl (C=O) groups excluding carboxylic acids is 2. The highest BCUT2D eigenvalue weighted by Gasteiger charge is 2.27. The van der Waals surface area contributed by atoms with Gasteiger partial charge in [-0.05, 0) is 76.2 Å². The van der Waals surface area contributed by atoms with Gasteiger partial charge in [0.05, 0.1) is 13.2 Å².